The maximum atomic E-state index is 11.9. The molecule has 0 aromatic rings. The van der Waals surface area contributed by atoms with Crippen molar-refractivity contribution < 1.29 is 9.90 Å². The van der Waals surface area contributed by atoms with Gasteiger partial charge in [-0.15, -0.1) is 0 Å². The predicted molar refractivity (Wildman–Crippen MR) is 103 cm³/mol. The fourth-order valence-electron chi connectivity index (χ4n) is 2.81. The Morgan fingerprint density at radius 2 is 1.76 bits per heavy atom. The Bertz CT molecular complexity index is 427. The molecule has 1 fully saturated rings. The van der Waals surface area contributed by atoms with E-state index < -0.39 is 5.60 Å². The zero-order valence-corrected chi connectivity index (χ0v) is 16.6. The highest BCUT2D eigenvalue weighted by atomic mass is 16.3. The van der Waals surface area contributed by atoms with Gasteiger partial charge in [0.15, 0.2) is 5.96 Å². The van der Waals surface area contributed by atoms with Crippen molar-refractivity contribution in [2.45, 2.75) is 59.1 Å². The minimum absolute atomic E-state index is 0.0833. The summed E-state index contributed by atoms with van der Waals surface area (Å²) in [4.78, 5) is 20.9. The second-order valence-corrected chi connectivity index (χ2v) is 7.09. The highest BCUT2D eigenvalue weighted by Crippen LogP contribution is 2.15. The Balaban J connectivity index is 2.57. The van der Waals surface area contributed by atoms with E-state index in [1.807, 2.05) is 34.6 Å². The van der Waals surface area contributed by atoms with Crippen LogP contribution >= 0.6 is 0 Å². The van der Waals surface area contributed by atoms with Gasteiger partial charge in [-0.05, 0) is 33.6 Å². The first-order valence-electron chi connectivity index (χ1n) is 9.60. The quantitative estimate of drug-likeness (QED) is 0.440. The molecule has 1 heterocycles. The minimum atomic E-state index is -0.725. The molecule has 0 bridgehead atoms. The summed E-state index contributed by atoms with van der Waals surface area (Å²) >= 11 is 0. The number of nitrogens with one attached hydrogen (secondary N) is 2. The molecule has 1 aliphatic rings. The summed E-state index contributed by atoms with van der Waals surface area (Å²) in [5, 5.41) is 16.7. The molecule has 0 aromatic carbocycles. The molecule has 146 valence electrons. The second kappa shape index (κ2) is 10.6. The zero-order valence-electron chi connectivity index (χ0n) is 16.6. The molecule has 1 amide bonds. The number of carbonyl (C=O) groups excluding carboxylic acids is 1. The molecule has 0 saturated carbocycles. The van der Waals surface area contributed by atoms with Crippen LogP contribution in [0.1, 0.15) is 47.5 Å². The van der Waals surface area contributed by atoms with Gasteiger partial charge >= 0.3 is 0 Å². The standard InChI is InChI=1S/C18H37N5O2/c1-6-18(25,7-2)14-20-17(19-8-3)23-11-9-22(10-12-23)13-16(24)21-15(4)5/h15,25H,6-14H2,1-5H3,(H,19,20)(H,21,24). The number of piperazine rings is 1. The van der Waals surface area contributed by atoms with Crippen molar-refractivity contribution in [1.29, 1.82) is 0 Å². The first kappa shape index (κ1) is 21.7. The third-order valence-corrected chi connectivity index (χ3v) is 4.66. The van der Waals surface area contributed by atoms with Gasteiger partial charge in [0.1, 0.15) is 0 Å². The highest BCUT2D eigenvalue weighted by molar-refractivity contribution is 5.80. The number of nitrogens with zero attached hydrogens (tertiary/aromatic N) is 3. The maximum absolute atomic E-state index is 11.9. The summed E-state index contributed by atoms with van der Waals surface area (Å²) in [6.45, 7) is 15.0. The lowest BCUT2D eigenvalue weighted by Gasteiger charge is -2.36. The van der Waals surface area contributed by atoms with E-state index in [0.717, 1.165) is 38.7 Å². The van der Waals surface area contributed by atoms with E-state index in [2.05, 4.69) is 25.4 Å². The van der Waals surface area contributed by atoms with E-state index in [1.165, 1.54) is 0 Å². The average molecular weight is 356 g/mol. The highest BCUT2D eigenvalue weighted by Gasteiger charge is 2.24. The van der Waals surface area contributed by atoms with E-state index in [1.54, 1.807) is 0 Å². The number of amides is 1. The van der Waals surface area contributed by atoms with Crippen LogP contribution in [0, 0.1) is 0 Å². The molecule has 3 N–H and O–H groups in total. The van der Waals surface area contributed by atoms with Gasteiger partial charge in [-0.1, -0.05) is 13.8 Å². The lowest BCUT2D eigenvalue weighted by atomic mass is 9.98. The van der Waals surface area contributed by atoms with Crippen LogP contribution in [0.15, 0.2) is 4.99 Å². The van der Waals surface area contributed by atoms with Gasteiger partial charge < -0.3 is 20.6 Å². The summed E-state index contributed by atoms with van der Waals surface area (Å²) in [6, 6.07) is 0.178. The van der Waals surface area contributed by atoms with Crippen molar-refractivity contribution in [3.8, 4) is 0 Å². The van der Waals surface area contributed by atoms with Gasteiger partial charge in [-0.3, -0.25) is 14.7 Å². The van der Waals surface area contributed by atoms with Gasteiger partial charge in [0.05, 0.1) is 18.7 Å². The minimum Gasteiger partial charge on any atom is -0.388 e. The average Bonchev–Trinajstić information content (AvgIpc) is 2.58. The maximum Gasteiger partial charge on any atom is 0.234 e. The van der Waals surface area contributed by atoms with Crippen LogP contribution in [0.25, 0.3) is 0 Å². The molecule has 0 atom stereocenters. The summed E-state index contributed by atoms with van der Waals surface area (Å²) in [5.74, 6) is 0.939. The molecule has 0 radical (unpaired) electrons. The van der Waals surface area contributed by atoms with Gasteiger partial charge in [0, 0.05) is 38.8 Å². The molecule has 0 unspecified atom stereocenters. The molecule has 25 heavy (non-hydrogen) atoms. The summed E-state index contributed by atoms with van der Waals surface area (Å²) in [7, 11) is 0. The third kappa shape index (κ3) is 7.61. The molecule has 0 aromatic heterocycles. The Kier molecular flexibility index (Phi) is 9.21. The van der Waals surface area contributed by atoms with Gasteiger partial charge in [0.25, 0.3) is 0 Å². The Hall–Kier alpha value is -1.34. The van der Waals surface area contributed by atoms with Gasteiger partial charge in [0.2, 0.25) is 5.91 Å². The molecule has 1 saturated heterocycles. The van der Waals surface area contributed by atoms with Crippen molar-refractivity contribution >= 4 is 11.9 Å². The first-order chi connectivity index (χ1) is 11.8. The van der Waals surface area contributed by atoms with Crippen LogP contribution in [0.3, 0.4) is 0 Å². The Morgan fingerprint density at radius 1 is 1.16 bits per heavy atom. The molecule has 1 rings (SSSR count). The lowest BCUT2D eigenvalue weighted by molar-refractivity contribution is -0.123. The van der Waals surface area contributed by atoms with Crippen LogP contribution in [0.5, 0.6) is 0 Å². The van der Waals surface area contributed by atoms with E-state index in [0.29, 0.717) is 25.9 Å². The molecule has 0 aliphatic carbocycles. The molecule has 1 aliphatic heterocycles. The molecule has 0 spiro atoms. The van der Waals surface area contributed by atoms with Crippen molar-refractivity contribution in [2.75, 3.05) is 45.8 Å². The van der Waals surface area contributed by atoms with Crippen molar-refractivity contribution in [1.82, 2.24) is 20.4 Å². The molecular formula is C18H37N5O2. The van der Waals surface area contributed by atoms with Crippen LogP contribution in [0.4, 0.5) is 0 Å². The summed E-state index contributed by atoms with van der Waals surface area (Å²) < 4.78 is 0. The fraction of sp³-hybridized carbons (Fsp3) is 0.889. The number of carbonyl (C=O) groups is 1. The molecular weight excluding hydrogens is 318 g/mol. The topological polar surface area (TPSA) is 80.2 Å². The monoisotopic (exact) mass is 355 g/mol. The van der Waals surface area contributed by atoms with E-state index >= 15 is 0 Å². The summed E-state index contributed by atoms with van der Waals surface area (Å²) in [5.41, 5.74) is -0.725. The van der Waals surface area contributed by atoms with Crippen LogP contribution < -0.4 is 10.6 Å². The number of guanidine groups is 1. The molecule has 7 nitrogen and oxygen atoms in total. The van der Waals surface area contributed by atoms with Crippen molar-refractivity contribution in [2.24, 2.45) is 4.99 Å². The Labute approximate surface area is 152 Å². The van der Waals surface area contributed by atoms with Gasteiger partial charge in [-0.2, -0.15) is 0 Å². The van der Waals surface area contributed by atoms with Crippen molar-refractivity contribution in [3.05, 3.63) is 0 Å². The number of aliphatic imine (C=N–C) groups is 1. The van der Waals surface area contributed by atoms with Crippen LogP contribution in [0.2, 0.25) is 0 Å². The van der Waals surface area contributed by atoms with Crippen LogP contribution in [-0.4, -0.2) is 84.2 Å². The van der Waals surface area contributed by atoms with E-state index in [4.69, 9.17) is 0 Å². The first-order valence-corrected chi connectivity index (χ1v) is 9.60. The van der Waals surface area contributed by atoms with Crippen LogP contribution in [-0.2, 0) is 4.79 Å². The smallest absolute Gasteiger partial charge is 0.234 e. The zero-order chi connectivity index (χ0) is 18.9. The van der Waals surface area contributed by atoms with Gasteiger partial charge in [-0.25, -0.2) is 0 Å². The number of rotatable bonds is 8. The third-order valence-electron chi connectivity index (χ3n) is 4.66. The summed E-state index contributed by atoms with van der Waals surface area (Å²) in [6.07, 6.45) is 1.40. The van der Waals surface area contributed by atoms with E-state index in [9.17, 15) is 9.90 Å². The largest absolute Gasteiger partial charge is 0.388 e. The lowest BCUT2D eigenvalue weighted by Crippen LogP contribution is -2.54. The predicted octanol–water partition coefficient (Wildman–Crippen LogP) is 0.645. The SMILES string of the molecule is CCNC(=NCC(O)(CC)CC)N1CCN(CC(=O)NC(C)C)CC1. The number of aliphatic hydroxyl groups is 1. The Morgan fingerprint density at radius 3 is 2.24 bits per heavy atom. The second-order valence-electron chi connectivity index (χ2n) is 7.09. The number of hydrogen-bond acceptors (Lipinski definition) is 4. The number of hydrogen-bond donors (Lipinski definition) is 3. The van der Waals surface area contributed by atoms with E-state index in [-0.39, 0.29) is 11.9 Å². The fourth-order valence-corrected chi connectivity index (χ4v) is 2.81. The normalized spacial score (nSPS) is 17.1. The van der Waals surface area contributed by atoms with Crippen molar-refractivity contribution in [3.63, 3.8) is 0 Å². The molecule has 7 heteroatoms.